The van der Waals surface area contributed by atoms with Crippen LogP contribution in [0.3, 0.4) is 0 Å². The molecule has 0 aromatic heterocycles. The highest BCUT2D eigenvalue weighted by Gasteiger charge is 2.13. The van der Waals surface area contributed by atoms with Gasteiger partial charge in [-0.05, 0) is 57.5 Å². The van der Waals surface area contributed by atoms with Crippen LogP contribution in [0.25, 0.3) is 0 Å². The number of benzene rings is 1. The van der Waals surface area contributed by atoms with Gasteiger partial charge in [0.15, 0.2) is 0 Å². The summed E-state index contributed by atoms with van der Waals surface area (Å²) in [5.74, 6) is -0.722. The Morgan fingerprint density at radius 2 is 1.94 bits per heavy atom. The van der Waals surface area contributed by atoms with Crippen LogP contribution in [-0.2, 0) is 0 Å². The molecule has 0 radical (unpaired) electrons. The van der Waals surface area contributed by atoms with E-state index in [0.29, 0.717) is 17.7 Å². The summed E-state index contributed by atoms with van der Waals surface area (Å²) < 4.78 is 27.0. The van der Waals surface area contributed by atoms with Crippen molar-refractivity contribution < 1.29 is 8.78 Å². The Kier molecular flexibility index (Phi) is 5.51. The lowest BCUT2D eigenvalue weighted by molar-refractivity contribution is 0.507. The molecule has 1 unspecified atom stereocenters. The van der Waals surface area contributed by atoms with Crippen molar-refractivity contribution in [3.8, 4) is 0 Å². The first-order valence-electron chi connectivity index (χ1n) is 5.95. The highest BCUT2D eigenvalue weighted by atomic mass is 19.1. The largest absolute Gasteiger partial charge is 0.330 e. The van der Waals surface area contributed by atoms with Crippen LogP contribution >= 0.6 is 0 Å². The first kappa shape index (κ1) is 14.1. The van der Waals surface area contributed by atoms with Gasteiger partial charge in [-0.3, -0.25) is 0 Å². The maximum Gasteiger partial charge on any atom is 0.128 e. The molecular formula is C13H20F2N2. The van der Waals surface area contributed by atoms with Crippen LogP contribution < -0.4 is 11.1 Å². The minimum atomic E-state index is -0.364. The predicted molar refractivity (Wildman–Crippen MR) is 65.8 cm³/mol. The summed E-state index contributed by atoms with van der Waals surface area (Å²) in [7, 11) is 0. The molecule has 1 rings (SSSR count). The van der Waals surface area contributed by atoms with Crippen LogP contribution in [0.1, 0.15) is 36.9 Å². The highest BCUT2D eigenvalue weighted by Crippen LogP contribution is 2.20. The van der Waals surface area contributed by atoms with Crippen LogP contribution in [0, 0.1) is 18.6 Å². The fraction of sp³-hybridized carbons (Fsp3) is 0.538. The van der Waals surface area contributed by atoms with Gasteiger partial charge in [0.25, 0.3) is 0 Å². The molecule has 0 aliphatic carbocycles. The second-order valence-electron chi connectivity index (χ2n) is 4.29. The van der Waals surface area contributed by atoms with Crippen molar-refractivity contribution in [2.24, 2.45) is 5.73 Å². The molecule has 1 aromatic rings. The van der Waals surface area contributed by atoms with Crippen LogP contribution in [0.15, 0.2) is 12.1 Å². The van der Waals surface area contributed by atoms with Gasteiger partial charge in [-0.15, -0.1) is 0 Å². The van der Waals surface area contributed by atoms with Gasteiger partial charge in [0.2, 0.25) is 0 Å². The van der Waals surface area contributed by atoms with E-state index < -0.39 is 0 Å². The molecule has 0 heterocycles. The Balaban J connectivity index is 2.62. The lowest BCUT2D eigenvalue weighted by Crippen LogP contribution is -2.21. The van der Waals surface area contributed by atoms with Crippen LogP contribution in [0.4, 0.5) is 8.78 Å². The smallest absolute Gasteiger partial charge is 0.128 e. The number of rotatable bonds is 6. The molecule has 0 amide bonds. The van der Waals surface area contributed by atoms with Crippen molar-refractivity contribution in [2.45, 2.75) is 32.7 Å². The minimum Gasteiger partial charge on any atom is -0.330 e. The molecule has 1 aromatic carbocycles. The molecule has 0 aliphatic heterocycles. The Hall–Kier alpha value is -1.00. The summed E-state index contributed by atoms with van der Waals surface area (Å²) in [5.41, 5.74) is 6.09. The van der Waals surface area contributed by atoms with E-state index >= 15 is 0 Å². The van der Waals surface area contributed by atoms with E-state index in [0.717, 1.165) is 19.4 Å². The van der Waals surface area contributed by atoms with Crippen LogP contribution in [-0.4, -0.2) is 13.1 Å². The summed E-state index contributed by atoms with van der Waals surface area (Å²) in [4.78, 5) is 0. The fourth-order valence-electron chi connectivity index (χ4n) is 1.69. The van der Waals surface area contributed by atoms with E-state index in [1.807, 2.05) is 6.92 Å². The molecule has 3 N–H and O–H groups in total. The van der Waals surface area contributed by atoms with Gasteiger partial charge < -0.3 is 11.1 Å². The van der Waals surface area contributed by atoms with E-state index in [9.17, 15) is 8.78 Å². The van der Waals surface area contributed by atoms with Gasteiger partial charge in [-0.1, -0.05) is 0 Å². The van der Waals surface area contributed by atoms with Crippen LogP contribution in [0.2, 0.25) is 0 Å². The second-order valence-corrected chi connectivity index (χ2v) is 4.29. The normalized spacial score (nSPS) is 12.8. The van der Waals surface area contributed by atoms with Crippen LogP contribution in [0.5, 0.6) is 0 Å². The Bertz CT molecular complexity index is 367. The van der Waals surface area contributed by atoms with E-state index in [1.165, 1.54) is 12.1 Å². The third-order valence-corrected chi connectivity index (χ3v) is 2.83. The Labute approximate surface area is 101 Å². The number of hydrogen-bond acceptors (Lipinski definition) is 2. The van der Waals surface area contributed by atoms with Crippen molar-refractivity contribution in [2.75, 3.05) is 13.1 Å². The first-order valence-corrected chi connectivity index (χ1v) is 5.95. The van der Waals surface area contributed by atoms with Gasteiger partial charge in [-0.25, -0.2) is 8.78 Å². The summed E-state index contributed by atoms with van der Waals surface area (Å²) in [6, 6.07) is 2.32. The minimum absolute atomic E-state index is 0.192. The highest BCUT2D eigenvalue weighted by molar-refractivity contribution is 5.27. The standard InChI is InChI=1S/C13H20F2N2/c1-9-7-13(15)11(8-12(9)14)10(2)17-6-4-3-5-16/h7-8,10,17H,3-6,16H2,1-2H3. The molecule has 17 heavy (non-hydrogen) atoms. The molecule has 0 saturated heterocycles. The number of aryl methyl sites for hydroxylation is 1. The van der Waals surface area contributed by atoms with Crippen molar-refractivity contribution in [3.63, 3.8) is 0 Å². The summed E-state index contributed by atoms with van der Waals surface area (Å²) in [6.07, 6.45) is 1.88. The number of nitrogens with two attached hydrogens (primary N) is 1. The third kappa shape index (κ3) is 4.06. The number of unbranched alkanes of at least 4 members (excludes halogenated alkanes) is 1. The lowest BCUT2D eigenvalue weighted by atomic mass is 10.0. The van der Waals surface area contributed by atoms with Gasteiger partial charge in [-0.2, -0.15) is 0 Å². The molecule has 0 spiro atoms. The quantitative estimate of drug-likeness (QED) is 0.753. The fourth-order valence-corrected chi connectivity index (χ4v) is 1.69. The molecule has 2 nitrogen and oxygen atoms in total. The van der Waals surface area contributed by atoms with Gasteiger partial charge in [0, 0.05) is 11.6 Å². The molecule has 0 saturated carbocycles. The zero-order chi connectivity index (χ0) is 12.8. The maximum absolute atomic E-state index is 13.6. The van der Waals surface area contributed by atoms with E-state index in [2.05, 4.69) is 5.32 Å². The topological polar surface area (TPSA) is 38.0 Å². The summed E-state index contributed by atoms with van der Waals surface area (Å²) >= 11 is 0. The number of halogens is 2. The first-order chi connectivity index (χ1) is 8.06. The van der Waals surface area contributed by atoms with Crippen molar-refractivity contribution in [3.05, 3.63) is 34.9 Å². The van der Waals surface area contributed by atoms with E-state index in [1.54, 1.807) is 6.92 Å². The molecule has 96 valence electrons. The monoisotopic (exact) mass is 242 g/mol. The zero-order valence-electron chi connectivity index (χ0n) is 10.4. The molecule has 0 fully saturated rings. The van der Waals surface area contributed by atoms with Gasteiger partial charge in [0.1, 0.15) is 11.6 Å². The Morgan fingerprint density at radius 1 is 1.24 bits per heavy atom. The molecule has 0 bridgehead atoms. The molecule has 0 aliphatic rings. The third-order valence-electron chi connectivity index (χ3n) is 2.83. The van der Waals surface area contributed by atoms with E-state index in [-0.39, 0.29) is 17.7 Å². The van der Waals surface area contributed by atoms with Crippen molar-refractivity contribution in [1.82, 2.24) is 5.32 Å². The van der Waals surface area contributed by atoms with Crippen molar-refractivity contribution in [1.29, 1.82) is 0 Å². The molecular weight excluding hydrogens is 222 g/mol. The maximum atomic E-state index is 13.6. The van der Waals surface area contributed by atoms with Gasteiger partial charge in [0.05, 0.1) is 0 Å². The SMILES string of the molecule is Cc1cc(F)c(C(C)NCCCCN)cc1F. The van der Waals surface area contributed by atoms with Gasteiger partial charge >= 0.3 is 0 Å². The van der Waals surface area contributed by atoms with E-state index in [4.69, 9.17) is 5.73 Å². The summed E-state index contributed by atoms with van der Waals surface area (Å²) in [6.45, 7) is 4.80. The second kappa shape index (κ2) is 6.67. The average molecular weight is 242 g/mol. The predicted octanol–water partition coefficient (Wildman–Crippen LogP) is 2.66. The summed E-state index contributed by atoms with van der Waals surface area (Å²) in [5, 5.41) is 3.16. The number of nitrogens with one attached hydrogen (secondary N) is 1. The Morgan fingerprint density at radius 3 is 2.59 bits per heavy atom. The zero-order valence-corrected chi connectivity index (χ0v) is 10.4. The lowest BCUT2D eigenvalue weighted by Gasteiger charge is -2.15. The number of hydrogen-bond donors (Lipinski definition) is 2. The molecule has 1 atom stereocenters. The molecule has 4 heteroatoms. The average Bonchev–Trinajstić information content (AvgIpc) is 2.29. The van der Waals surface area contributed by atoms with Crippen molar-refractivity contribution >= 4 is 0 Å².